The number of hydrogen-bond acceptors (Lipinski definition) is 19. The van der Waals surface area contributed by atoms with E-state index in [1.54, 1.807) is 58.9 Å². The molecule has 10 aromatic heterocycles. The van der Waals surface area contributed by atoms with E-state index in [9.17, 15) is 0 Å². The number of furan rings is 2. The van der Waals surface area contributed by atoms with Gasteiger partial charge in [-0.3, -0.25) is 19.6 Å². The third kappa shape index (κ3) is 26.6. The van der Waals surface area contributed by atoms with Gasteiger partial charge in [-0.2, -0.15) is 11.3 Å². The Kier molecular flexibility index (Phi) is 34.1. The standard InChI is InChI=1S/2C20H24N4O2.2C20H24N4OS.C20H26N4S/c21-20(17-5-11-26-15-17)22-18-3-2-16-4-8-24(19(16)14-18)7-1-6-23-9-12-25-13-10-23;21-20(19-3-1-12-26-19)22-17-5-4-16-6-9-24(18(16)15-17)8-2-7-23-10-13-25-14-11-23;21-20(17-5-13-26-15-17)22-18-3-2-16-4-8-24(19(16)14-18)7-1-6-23-9-11-25-12-10-23;21-20(19-3-1-14-26-19)22-17-5-4-16-6-9-24(18(16)15-17)8-2-7-23-10-12-25-13-11-23;1-3-23(4-2)11-6-12-24-13-10-16-8-9-17(15-18(16)24)22-20(21)19-7-5-14-25-19/h2-5,8,11,14-15H,1,6-7,9-10,12-13H2,(H2,21,22);1,3-6,9,12,15H,2,7-8,10-11,13-14H2,(H2,21,22);2-5,8,13-15H,1,6-7,9-12H2,(H2,21,22);1,3-6,9,14-15H,2,7-8,10-13H2,(H2,21,22);5,7-10,13-15H,3-4,6,11-12H2,1-2H3,(H2,21,22). The van der Waals surface area contributed by atoms with Crippen LogP contribution in [0.4, 0.5) is 28.4 Å². The number of aliphatic imine (C=N–C) groups is 5. The number of aryl methyl sites for hydroxylation is 5. The van der Waals surface area contributed by atoms with Gasteiger partial charge in [0.2, 0.25) is 0 Å². The van der Waals surface area contributed by atoms with E-state index in [-0.39, 0.29) is 0 Å². The van der Waals surface area contributed by atoms with E-state index in [1.165, 1.54) is 54.5 Å². The zero-order valence-electron chi connectivity index (χ0n) is 74.2. The Morgan fingerprint density at radius 3 is 0.984 bits per heavy atom. The zero-order chi connectivity index (χ0) is 88.7. The van der Waals surface area contributed by atoms with Crippen LogP contribution in [0.3, 0.4) is 0 Å². The van der Waals surface area contributed by atoms with Crippen LogP contribution in [0.1, 0.15) is 72.6 Å². The van der Waals surface area contributed by atoms with Gasteiger partial charge in [0.1, 0.15) is 29.6 Å². The van der Waals surface area contributed by atoms with E-state index in [2.05, 4.69) is 208 Å². The van der Waals surface area contributed by atoms with Gasteiger partial charge in [0.15, 0.2) is 11.6 Å². The van der Waals surface area contributed by atoms with Crippen LogP contribution < -0.4 is 28.7 Å². The fourth-order valence-corrected chi connectivity index (χ4v) is 18.3. The topological polar surface area (TPSA) is 296 Å². The summed E-state index contributed by atoms with van der Waals surface area (Å²) in [7, 11) is 0. The Balaban J connectivity index is 0.000000124. The van der Waals surface area contributed by atoms with Gasteiger partial charge in [0.05, 0.1) is 137 Å². The molecule has 4 aliphatic rings. The van der Waals surface area contributed by atoms with Crippen molar-refractivity contribution >= 4 is 146 Å². The first-order chi connectivity index (χ1) is 63.4. The number of nitrogens with two attached hydrogens (primary N) is 5. The fraction of sp³-hybridized carbons (Fsp3) is 0.350. The number of amidine groups is 5. The molecule has 0 unspecified atom stereocenters. The molecule has 29 heteroatoms. The number of rotatable bonds is 32. The third-order valence-corrected chi connectivity index (χ3v) is 26.1. The second kappa shape index (κ2) is 47.7. The number of morpholine rings is 4. The Bertz CT molecular complexity index is 5460. The van der Waals surface area contributed by atoms with E-state index < -0.39 is 0 Å². The summed E-state index contributed by atoms with van der Waals surface area (Å²) >= 11 is 4.85. The van der Waals surface area contributed by atoms with E-state index in [0.29, 0.717) is 34.9 Å². The van der Waals surface area contributed by atoms with E-state index in [4.69, 9.17) is 56.5 Å². The summed E-state index contributed by atoms with van der Waals surface area (Å²) in [6.45, 7) is 32.5. The van der Waals surface area contributed by atoms with Crippen LogP contribution in [-0.4, -0.2) is 228 Å². The molecule has 129 heavy (non-hydrogen) atoms. The molecule has 676 valence electrons. The molecule has 4 aliphatic heterocycles. The maximum atomic E-state index is 6.13. The summed E-state index contributed by atoms with van der Waals surface area (Å²) < 4.78 is 43.5. The van der Waals surface area contributed by atoms with E-state index in [0.717, 1.165) is 265 Å². The maximum absolute atomic E-state index is 6.13. The molecule has 14 heterocycles. The molecule has 0 spiro atoms. The van der Waals surface area contributed by atoms with Gasteiger partial charge < -0.3 is 84.2 Å². The largest absolute Gasteiger partial charge is 0.472 e. The molecule has 0 bridgehead atoms. The van der Waals surface area contributed by atoms with Gasteiger partial charge in [-0.05, 0) is 222 Å². The quantitative estimate of drug-likeness (QED) is 0.0193. The van der Waals surface area contributed by atoms with Crippen LogP contribution >= 0.6 is 34.0 Å². The second-order valence-electron chi connectivity index (χ2n) is 32.3. The number of aromatic nitrogens is 5. The lowest BCUT2D eigenvalue weighted by Gasteiger charge is -2.26. The lowest BCUT2D eigenvalue weighted by atomic mass is 10.2. The molecule has 0 aliphatic carbocycles. The highest BCUT2D eigenvalue weighted by Crippen LogP contribution is 2.30. The Labute approximate surface area is 767 Å². The maximum Gasteiger partial charge on any atom is 0.168 e. The number of thiophene rings is 3. The summed E-state index contributed by atoms with van der Waals surface area (Å²) in [6.07, 6.45) is 21.2. The molecule has 4 fully saturated rings. The summed E-state index contributed by atoms with van der Waals surface area (Å²) in [5.74, 6) is 3.16. The van der Waals surface area contributed by atoms with Crippen molar-refractivity contribution in [1.82, 2.24) is 47.3 Å². The molecule has 4 saturated heterocycles. The van der Waals surface area contributed by atoms with Crippen molar-refractivity contribution in [2.45, 2.75) is 78.7 Å². The fourth-order valence-electron chi connectivity index (χ4n) is 16.4. The molecule has 5 aromatic carbocycles. The first-order valence-corrected chi connectivity index (χ1v) is 47.8. The number of fused-ring (bicyclic) bond motifs is 5. The first-order valence-electron chi connectivity index (χ1n) is 45.1. The van der Waals surface area contributed by atoms with Gasteiger partial charge in [0.25, 0.3) is 0 Å². The third-order valence-electron chi connectivity index (χ3n) is 23.7. The highest BCUT2D eigenvalue weighted by molar-refractivity contribution is 7.12. The molecule has 0 atom stereocenters. The average molecular weight is 1800 g/mol. The minimum absolute atomic E-state index is 0.389. The highest BCUT2D eigenvalue weighted by atomic mass is 32.1. The zero-order valence-corrected chi connectivity index (χ0v) is 76.6. The first kappa shape index (κ1) is 92.2. The normalized spacial score (nSPS) is 15.6. The van der Waals surface area contributed by atoms with Crippen molar-refractivity contribution < 1.29 is 27.8 Å². The smallest absolute Gasteiger partial charge is 0.168 e. The lowest BCUT2D eigenvalue weighted by molar-refractivity contribution is 0.0369. The van der Waals surface area contributed by atoms with Gasteiger partial charge in [-0.15, -0.1) is 22.7 Å². The summed E-state index contributed by atoms with van der Waals surface area (Å²) in [4.78, 5) is 37.2. The average Bonchev–Trinajstić information content (AvgIpc) is 1.69. The molecule has 26 nitrogen and oxygen atoms in total. The minimum Gasteiger partial charge on any atom is -0.472 e. The highest BCUT2D eigenvalue weighted by Gasteiger charge is 2.18. The van der Waals surface area contributed by atoms with E-state index >= 15 is 0 Å². The summed E-state index contributed by atoms with van der Waals surface area (Å²) in [5, 5.41) is 14.2. The minimum atomic E-state index is 0.389. The molecule has 0 amide bonds. The number of hydrogen-bond donors (Lipinski definition) is 5. The second-order valence-corrected chi connectivity index (χ2v) is 35.0. The molecule has 10 N–H and O–H groups in total. The number of benzene rings is 5. The molecule has 15 aromatic rings. The predicted octanol–water partition coefficient (Wildman–Crippen LogP) is 17.4. The van der Waals surface area contributed by atoms with Crippen LogP contribution in [0.2, 0.25) is 0 Å². The van der Waals surface area contributed by atoms with Crippen molar-refractivity contribution in [3.05, 3.63) is 268 Å². The Morgan fingerprint density at radius 1 is 0.341 bits per heavy atom. The van der Waals surface area contributed by atoms with Crippen LogP contribution in [0.5, 0.6) is 0 Å². The molecular weight excluding hydrogens is 1670 g/mol. The van der Waals surface area contributed by atoms with Crippen LogP contribution in [0, 0.1) is 0 Å². The molecule has 0 radical (unpaired) electrons. The van der Waals surface area contributed by atoms with E-state index in [1.807, 2.05) is 94.3 Å². The monoisotopic (exact) mass is 1790 g/mol. The van der Waals surface area contributed by atoms with Gasteiger partial charge >= 0.3 is 0 Å². The molecule has 19 rings (SSSR count). The SMILES string of the molecule is CCN(CC)CCCn1ccc2ccc(N=C(N)c3cccs3)cc21.NC(=Nc1ccc2ccn(CCCN3CCOCC3)c2c1)c1ccco1.NC(=Nc1ccc2ccn(CCCN3CCOCC3)c2c1)c1cccs1.NC(=Nc1ccc2ccn(CCCN3CCOCC3)c2c1)c1ccoc1.NC(=Nc1ccc2ccn(CCCN3CCOCC3)c2c1)c1ccsc1. The Hall–Kier alpha value is -11.6. The van der Waals surface area contributed by atoms with Crippen molar-refractivity contribution in [2.75, 3.05) is 151 Å². The van der Waals surface area contributed by atoms with Gasteiger partial charge in [-0.1, -0.05) is 56.3 Å². The van der Waals surface area contributed by atoms with Crippen molar-refractivity contribution in [2.24, 2.45) is 53.6 Å². The van der Waals surface area contributed by atoms with Crippen molar-refractivity contribution in [3.63, 3.8) is 0 Å². The Morgan fingerprint density at radius 2 is 0.682 bits per heavy atom. The number of ether oxygens (including phenoxy) is 4. The van der Waals surface area contributed by atoms with Crippen molar-refractivity contribution in [3.8, 4) is 0 Å². The predicted molar refractivity (Wildman–Crippen MR) is 532 cm³/mol. The molecule has 0 saturated carbocycles. The number of nitrogens with zero attached hydrogens (tertiary/aromatic N) is 15. The van der Waals surface area contributed by atoms with Crippen LogP contribution in [0.25, 0.3) is 54.5 Å². The van der Waals surface area contributed by atoms with Crippen molar-refractivity contribution in [1.29, 1.82) is 0 Å². The van der Waals surface area contributed by atoms with Crippen LogP contribution in [0.15, 0.2) is 275 Å². The van der Waals surface area contributed by atoms with Gasteiger partial charge in [0, 0.05) is 153 Å². The van der Waals surface area contributed by atoms with Crippen LogP contribution in [-0.2, 0) is 51.7 Å². The lowest BCUT2D eigenvalue weighted by Crippen LogP contribution is -2.37. The van der Waals surface area contributed by atoms with Gasteiger partial charge in [-0.25, -0.2) is 25.0 Å². The summed E-state index contributed by atoms with van der Waals surface area (Å²) in [5.41, 5.74) is 42.6. The summed E-state index contributed by atoms with van der Waals surface area (Å²) in [6, 6.07) is 57.4. The molecular formula is C100H122N20O6S3.